The zero-order chi connectivity index (χ0) is 20.4. The maximum atomic E-state index is 12.1. The van der Waals surface area contributed by atoms with Crippen molar-refractivity contribution in [1.82, 2.24) is 10.6 Å². The van der Waals surface area contributed by atoms with E-state index in [1.165, 1.54) is 0 Å². The first kappa shape index (κ1) is 21.4. The van der Waals surface area contributed by atoms with Crippen LogP contribution in [0.5, 0.6) is 0 Å². The first-order valence-corrected chi connectivity index (χ1v) is 9.29. The number of aliphatic hydroxyl groups is 1. The van der Waals surface area contributed by atoms with E-state index in [1.54, 1.807) is 0 Å². The molecule has 0 heterocycles. The van der Waals surface area contributed by atoms with Gasteiger partial charge in [0, 0.05) is 19.1 Å². The highest BCUT2D eigenvalue weighted by Crippen LogP contribution is 2.34. The monoisotopic (exact) mass is 384 g/mol. The van der Waals surface area contributed by atoms with E-state index in [4.69, 9.17) is 4.74 Å². The summed E-state index contributed by atoms with van der Waals surface area (Å²) in [5.41, 5.74) is 1.51. The van der Waals surface area contributed by atoms with Crippen molar-refractivity contribution in [1.29, 1.82) is 0 Å². The highest BCUT2D eigenvalue weighted by molar-refractivity contribution is 5.82. The summed E-state index contributed by atoms with van der Waals surface area (Å²) in [4.78, 5) is 23.9. The second-order valence-electron chi connectivity index (χ2n) is 7.33. The quantitative estimate of drug-likeness (QED) is 0.620. The predicted octanol–water partition coefficient (Wildman–Crippen LogP) is 2.83. The van der Waals surface area contributed by atoms with Crippen LogP contribution < -0.4 is 10.6 Å². The molecular weight excluding hydrogens is 356 g/mol. The van der Waals surface area contributed by atoms with Gasteiger partial charge in [-0.1, -0.05) is 74.5 Å². The van der Waals surface area contributed by atoms with Gasteiger partial charge in [-0.25, -0.2) is 4.79 Å². The number of amides is 2. The lowest BCUT2D eigenvalue weighted by atomic mass is 9.75. The van der Waals surface area contributed by atoms with Crippen LogP contribution in [0.2, 0.25) is 0 Å². The SMILES string of the molecule is CC(C)(CO)[C@@H](CNC(=O)CNC(=O)OCc1ccccc1)c1ccccc1. The van der Waals surface area contributed by atoms with E-state index < -0.39 is 11.5 Å². The number of hydrogen-bond acceptors (Lipinski definition) is 4. The molecule has 0 saturated heterocycles. The molecule has 0 radical (unpaired) electrons. The number of ether oxygens (including phenoxy) is 1. The smallest absolute Gasteiger partial charge is 0.407 e. The largest absolute Gasteiger partial charge is 0.445 e. The Kier molecular flexibility index (Phi) is 8.02. The summed E-state index contributed by atoms with van der Waals surface area (Å²) in [6.07, 6.45) is -0.644. The molecule has 2 aromatic carbocycles. The van der Waals surface area contributed by atoms with Gasteiger partial charge in [0.15, 0.2) is 0 Å². The van der Waals surface area contributed by atoms with Crippen molar-refractivity contribution in [3.63, 3.8) is 0 Å². The Morgan fingerprint density at radius 2 is 1.61 bits per heavy atom. The fourth-order valence-electron chi connectivity index (χ4n) is 2.85. The minimum absolute atomic E-state index is 0.00745. The van der Waals surface area contributed by atoms with Crippen molar-refractivity contribution in [2.45, 2.75) is 26.4 Å². The van der Waals surface area contributed by atoms with Crippen molar-refractivity contribution in [3.8, 4) is 0 Å². The van der Waals surface area contributed by atoms with Gasteiger partial charge in [-0.2, -0.15) is 0 Å². The van der Waals surface area contributed by atoms with Gasteiger partial charge in [0.2, 0.25) is 5.91 Å². The molecule has 0 bridgehead atoms. The Balaban J connectivity index is 1.80. The Labute approximate surface area is 165 Å². The van der Waals surface area contributed by atoms with Crippen LogP contribution in [0.3, 0.4) is 0 Å². The number of alkyl carbamates (subject to hydrolysis) is 1. The van der Waals surface area contributed by atoms with Gasteiger partial charge >= 0.3 is 6.09 Å². The topological polar surface area (TPSA) is 87.7 Å². The number of carbonyl (C=O) groups is 2. The lowest BCUT2D eigenvalue weighted by Crippen LogP contribution is -2.41. The van der Waals surface area contributed by atoms with Crippen LogP contribution >= 0.6 is 0 Å². The molecule has 6 nitrogen and oxygen atoms in total. The van der Waals surface area contributed by atoms with Crippen molar-refractivity contribution >= 4 is 12.0 Å². The van der Waals surface area contributed by atoms with Gasteiger partial charge < -0.3 is 20.5 Å². The number of rotatable bonds is 9. The van der Waals surface area contributed by atoms with Gasteiger partial charge in [-0.3, -0.25) is 4.79 Å². The number of aliphatic hydroxyl groups excluding tert-OH is 1. The molecule has 28 heavy (non-hydrogen) atoms. The Bertz CT molecular complexity index is 748. The normalized spacial score (nSPS) is 12.1. The van der Waals surface area contributed by atoms with Crippen LogP contribution in [0, 0.1) is 5.41 Å². The van der Waals surface area contributed by atoms with E-state index in [2.05, 4.69) is 10.6 Å². The fourth-order valence-corrected chi connectivity index (χ4v) is 2.85. The second kappa shape index (κ2) is 10.5. The average molecular weight is 384 g/mol. The summed E-state index contributed by atoms with van der Waals surface area (Å²) in [6.45, 7) is 4.24. The van der Waals surface area contributed by atoms with Crippen LogP contribution in [0.25, 0.3) is 0 Å². The van der Waals surface area contributed by atoms with Gasteiger partial charge in [-0.05, 0) is 16.5 Å². The van der Waals surface area contributed by atoms with E-state index in [-0.39, 0.29) is 31.6 Å². The Morgan fingerprint density at radius 1 is 1.00 bits per heavy atom. The summed E-state index contributed by atoms with van der Waals surface area (Å²) in [5.74, 6) is -0.376. The molecule has 2 amide bonds. The molecule has 0 fully saturated rings. The molecule has 2 rings (SSSR count). The van der Waals surface area contributed by atoms with Crippen molar-refractivity contribution < 1.29 is 19.4 Å². The van der Waals surface area contributed by atoms with Crippen molar-refractivity contribution in [2.24, 2.45) is 5.41 Å². The molecule has 0 unspecified atom stereocenters. The van der Waals surface area contributed by atoms with Crippen molar-refractivity contribution in [2.75, 3.05) is 19.7 Å². The Hall–Kier alpha value is -2.86. The summed E-state index contributed by atoms with van der Waals surface area (Å²) in [6, 6.07) is 19.1. The zero-order valence-electron chi connectivity index (χ0n) is 16.4. The highest BCUT2D eigenvalue weighted by Gasteiger charge is 2.30. The molecule has 150 valence electrons. The lowest BCUT2D eigenvalue weighted by molar-refractivity contribution is -0.120. The van der Waals surface area contributed by atoms with Gasteiger partial charge in [0.25, 0.3) is 0 Å². The number of benzene rings is 2. The summed E-state index contributed by atoms with van der Waals surface area (Å²) in [5, 5.41) is 15.0. The lowest BCUT2D eigenvalue weighted by Gasteiger charge is -2.33. The first-order chi connectivity index (χ1) is 13.4. The van der Waals surface area contributed by atoms with Crippen LogP contribution in [-0.4, -0.2) is 36.8 Å². The molecule has 1 atom stereocenters. The molecule has 0 spiro atoms. The van der Waals surface area contributed by atoms with Gasteiger partial charge in [0.1, 0.15) is 6.61 Å². The zero-order valence-corrected chi connectivity index (χ0v) is 16.4. The first-order valence-electron chi connectivity index (χ1n) is 9.29. The molecule has 2 aromatic rings. The van der Waals surface area contributed by atoms with E-state index in [0.29, 0.717) is 6.54 Å². The molecule has 0 aromatic heterocycles. The fraction of sp³-hybridized carbons (Fsp3) is 0.364. The second-order valence-corrected chi connectivity index (χ2v) is 7.33. The van der Waals surface area contributed by atoms with Gasteiger partial charge in [0.05, 0.1) is 6.54 Å². The number of nitrogens with one attached hydrogen (secondary N) is 2. The number of hydrogen-bond donors (Lipinski definition) is 3. The standard InChI is InChI=1S/C22H28N2O4/c1-22(2,16-25)19(18-11-7-4-8-12-18)13-23-20(26)14-24-21(27)28-15-17-9-5-3-6-10-17/h3-12,19,25H,13-16H2,1-2H3,(H,23,26)(H,24,27)/t19-/m0/s1. The van der Waals surface area contributed by atoms with Crippen LogP contribution in [0.15, 0.2) is 60.7 Å². The van der Waals surface area contributed by atoms with Gasteiger partial charge in [-0.15, -0.1) is 0 Å². The highest BCUT2D eigenvalue weighted by atomic mass is 16.5. The maximum absolute atomic E-state index is 12.1. The molecule has 0 saturated carbocycles. The van der Waals surface area contributed by atoms with E-state index >= 15 is 0 Å². The third-order valence-electron chi connectivity index (χ3n) is 4.66. The minimum atomic E-state index is -0.644. The molecular formula is C22H28N2O4. The van der Waals surface area contributed by atoms with E-state index in [9.17, 15) is 14.7 Å². The summed E-state index contributed by atoms with van der Waals surface area (Å²) >= 11 is 0. The molecule has 3 N–H and O–H groups in total. The van der Waals surface area contributed by atoms with Crippen LogP contribution in [0.4, 0.5) is 4.79 Å². The summed E-state index contributed by atoms with van der Waals surface area (Å²) in [7, 11) is 0. The molecule has 6 heteroatoms. The Morgan fingerprint density at radius 3 is 2.21 bits per heavy atom. The van der Waals surface area contributed by atoms with Crippen LogP contribution in [-0.2, 0) is 16.1 Å². The van der Waals surface area contributed by atoms with E-state index in [1.807, 2.05) is 74.5 Å². The third kappa shape index (κ3) is 6.70. The summed E-state index contributed by atoms with van der Waals surface area (Å²) < 4.78 is 5.08. The third-order valence-corrected chi connectivity index (χ3v) is 4.66. The molecule has 0 aliphatic rings. The predicted molar refractivity (Wildman–Crippen MR) is 108 cm³/mol. The molecule has 0 aliphatic carbocycles. The van der Waals surface area contributed by atoms with E-state index in [0.717, 1.165) is 11.1 Å². The maximum Gasteiger partial charge on any atom is 0.407 e. The number of carbonyl (C=O) groups excluding carboxylic acids is 2. The van der Waals surface area contributed by atoms with Crippen molar-refractivity contribution in [3.05, 3.63) is 71.8 Å². The molecule has 0 aliphatic heterocycles. The average Bonchev–Trinajstić information content (AvgIpc) is 2.72. The minimum Gasteiger partial charge on any atom is -0.445 e. The van der Waals surface area contributed by atoms with Crippen LogP contribution in [0.1, 0.15) is 30.9 Å².